The molecule has 0 aliphatic carbocycles. The third kappa shape index (κ3) is 1.57. The first-order chi connectivity index (χ1) is 6.48. The van der Waals surface area contributed by atoms with Crippen molar-refractivity contribution in [2.75, 3.05) is 0 Å². The second kappa shape index (κ2) is 3.09. The predicted molar refractivity (Wildman–Crippen MR) is 60.4 cm³/mol. The van der Waals surface area contributed by atoms with Crippen LogP contribution in [0.5, 0.6) is 0 Å². The number of hydrogen-bond donors (Lipinski definition) is 1. The molecule has 1 atom stereocenters. The van der Waals surface area contributed by atoms with E-state index in [1.54, 1.807) is 0 Å². The van der Waals surface area contributed by atoms with Crippen molar-refractivity contribution in [1.82, 2.24) is 5.32 Å². The zero-order valence-electron chi connectivity index (χ0n) is 9.52. The third-order valence-corrected chi connectivity index (χ3v) is 3.08. The van der Waals surface area contributed by atoms with Crippen LogP contribution >= 0.6 is 0 Å². The predicted octanol–water partition coefficient (Wildman–Crippen LogP) is 3.15. The fourth-order valence-electron chi connectivity index (χ4n) is 2.00. The van der Waals surface area contributed by atoms with Gasteiger partial charge in [-0.2, -0.15) is 0 Å². The topological polar surface area (TPSA) is 12.0 Å². The molecular formula is C13H19N. The Hall–Kier alpha value is -0.820. The molecule has 1 heteroatoms. The van der Waals surface area contributed by atoms with Crippen molar-refractivity contribution in [3.05, 3.63) is 34.9 Å². The molecule has 76 valence electrons. The molecule has 1 N–H and O–H groups in total. The summed E-state index contributed by atoms with van der Waals surface area (Å²) >= 11 is 0. The standard InChI is InChI=1S/C13H19N/c1-9-12-7-11(13(2,3)4)6-5-10(12)8-14-9/h5-7,9,14H,8H2,1-4H3/t9-/m0/s1. The molecule has 0 radical (unpaired) electrons. The SMILES string of the molecule is C[C@@H]1NCc2ccc(C(C)(C)C)cc21. The number of hydrogen-bond acceptors (Lipinski definition) is 1. The van der Waals surface area contributed by atoms with Gasteiger partial charge in [-0.3, -0.25) is 0 Å². The Labute approximate surface area is 86.5 Å². The first-order valence-corrected chi connectivity index (χ1v) is 5.35. The highest BCUT2D eigenvalue weighted by Crippen LogP contribution is 2.30. The molecule has 0 spiro atoms. The second-order valence-corrected chi connectivity index (χ2v) is 5.27. The minimum absolute atomic E-state index is 0.261. The molecule has 14 heavy (non-hydrogen) atoms. The van der Waals surface area contributed by atoms with E-state index in [1.165, 1.54) is 16.7 Å². The fourth-order valence-corrected chi connectivity index (χ4v) is 2.00. The van der Waals surface area contributed by atoms with Gasteiger partial charge in [0, 0.05) is 12.6 Å². The minimum Gasteiger partial charge on any atom is -0.306 e. The van der Waals surface area contributed by atoms with E-state index in [1.807, 2.05) is 0 Å². The van der Waals surface area contributed by atoms with Crippen LogP contribution in [0.1, 0.15) is 50.4 Å². The van der Waals surface area contributed by atoms with Crippen molar-refractivity contribution in [3.8, 4) is 0 Å². The van der Waals surface area contributed by atoms with Crippen LogP contribution in [0, 0.1) is 0 Å². The van der Waals surface area contributed by atoms with Crippen LogP contribution in [0.2, 0.25) is 0 Å². The van der Waals surface area contributed by atoms with Gasteiger partial charge in [-0.15, -0.1) is 0 Å². The van der Waals surface area contributed by atoms with Crippen molar-refractivity contribution < 1.29 is 0 Å². The van der Waals surface area contributed by atoms with Gasteiger partial charge < -0.3 is 5.32 Å². The molecule has 1 aliphatic rings. The summed E-state index contributed by atoms with van der Waals surface area (Å²) in [7, 11) is 0. The minimum atomic E-state index is 0.261. The molecule has 2 rings (SSSR count). The summed E-state index contributed by atoms with van der Waals surface area (Å²) in [5.74, 6) is 0. The monoisotopic (exact) mass is 189 g/mol. The molecule has 1 heterocycles. The molecule has 1 aromatic carbocycles. The number of nitrogens with one attached hydrogen (secondary N) is 1. The van der Waals surface area contributed by atoms with Crippen molar-refractivity contribution in [1.29, 1.82) is 0 Å². The third-order valence-electron chi connectivity index (χ3n) is 3.08. The molecule has 0 fully saturated rings. The summed E-state index contributed by atoms with van der Waals surface area (Å²) in [5, 5.41) is 3.46. The first kappa shape index (κ1) is 9.72. The summed E-state index contributed by atoms with van der Waals surface area (Å²) in [5.41, 5.74) is 4.65. The van der Waals surface area contributed by atoms with Gasteiger partial charge in [0.05, 0.1) is 0 Å². The average molecular weight is 189 g/mol. The smallest absolute Gasteiger partial charge is 0.0298 e. The van der Waals surface area contributed by atoms with Crippen molar-refractivity contribution in [3.63, 3.8) is 0 Å². The van der Waals surface area contributed by atoms with Crippen molar-refractivity contribution in [2.24, 2.45) is 0 Å². The van der Waals surface area contributed by atoms with Crippen LogP contribution < -0.4 is 5.32 Å². The van der Waals surface area contributed by atoms with E-state index >= 15 is 0 Å². The molecule has 0 amide bonds. The van der Waals surface area contributed by atoms with Crippen LogP contribution in [0.3, 0.4) is 0 Å². The van der Waals surface area contributed by atoms with Crippen LogP contribution in [0.15, 0.2) is 18.2 Å². The summed E-state index contributed by atoms with van der Waals surface area (Å²) in [6, 6.07) is 7.41. The van der Waals surface area contributed by atoms with Gasteiger partial charge in [0.1, 0.15) is 0 Å². The maximum absolute atomic E-state index is 3.46. The van der Waals surface area contributed by atoms with Crippen molar-refractivity contribution >= 4 is 0 Å². The zero-order chi connectivity index (χ0) is 10.3. The van der Waals surface area contributed by atoms with E-state index in [9.17, 15) is 0 Å². The second-order valence-electron chi connectivity index (χ2n) is 5.27. The normalized spacial score (nSPS) is 21.0. The molecule has 0 saturated carbocycles. The lowest BCUT2D eigenvalue weighted by Crippen LogP contribution is -2.12. The van der Waals surface area contributed by atoms with Gasteiger partial charge in [-0.05, 0) is 29.0 Å². The Bertz CT molecular complexity index is 347. The van der Waals surface area contributed by atoms with Gasteiger partial charge in [0.25, 0.3) is 0 Å². The zero-order valence-corrected chi connectivity index (χ0v) is 9.52. The average Bonchev–Trinajstić information content (AvgIpc) is 2.46. The molecule has 1 aliphatic heterocycles. The van der Waals surface area contributed by atoms with E-state index in [0.717, 1.165) is 6.54 Å². The highest BCUT2D eigenvalue weighted by molar-refractivity contribution is 5.39. The summed E-state index contributed by atoms with van der Waals surface area (Å²) in [6.45, 7) is 10.1. The lowest BCUT2D eigenvalue weighted by molar-refractivity contribution is 0.587. The van der Waals surface area contributed by atoms with Crippen LogP contribution in [0.4, 0.5) is 0 Å². The lowest BCUT2D eigenvalue weighted by Gasteiger charge is -2.20. The van der Waals surface area contributed by atoms with E-state index < -0.39 is 0 Å². The van der Waals surface area contributed by atoms with Gasteiger partial charge in [-0.1, -0.05) is 39.0 Å². The Morgan fingerprint density at radius 1 is 1.29 bits per heavy atom. The highest BCUT2D eigenvalue weighted by Gasteiger charge is 2.21. The maximum atomic E-state index is 3.46. The van der Waals surface area contributed by atoms with E-state index in [0.29, 0.717) is 6.04 Å². The van der Waals surface area contributed by atoms with Gasteiger partial charge in [0.2, 0.25) is 0 Å². The summed E-state index contributed by atoms with van der Waals surface area (Å²) in [4.78, 5) is 0. The number of benzene rings is 1. The quantitative estimate of drug-likeness (QED) is 0.661. The largest absolute Gasteiger partial charge is 0.306 e. The van der Waals surface area contributed by atoms with Crippen LogP contribution in [0.25, 0.3) is 0 Å². The molecule has 1 nitrogen and oxygen atoms in total. The number of rotatable bonds is 0. The fraction of sp³-hybridized carbons (Fsp3) is 0.538. The molecule has 1 aromatic rings. The van der Waals surface area contributed by atoms with Crippen LogP contribution in [-0.2, 0) is 12.0 Å². The Morgan fingerprint density at radius 3 is 2.64 bits per heavy atom. The molecule has 0 bridgehead atoms. The van der Waals surface area contributed by atoms with Crippen molar-refractivity contribution in [2.45, 2.75) is 45.7 Å². The Balaban J connectivity index is 2.45. The Kier molecular flexibility index (Phi) is 2.15. The first-order valence-electron chi connectivity index (χ1n) is 5.35. The lowest BCUT2D eigenvalue weighted by atomic mass is 9.85. The summed E-state index contributed by atoms with van der Waals surface area (Å²) in [6.07, 6.45) is 0. The molecule has 0 aromatic heterocycles. The Morgan fingerprint density at radius 2 is 2.00 bits per heavy atom. The molecule has 0 unspecified atom stereocenters. The van der Waals surface area contributed by atoms with Gasteiger partial charge in [0.15, 0.2) is 0 Å². The van der Waals surface area contributed by atoms with E-state index in [4.69, 9.17) is 0 Å². The summed E-state index contributed by atoms with van der Waals surface area (Å²) < 4.78 is 0. The van der Waals surface area contributed by atoms with Crippen LogP contribution in [-0.4, -0.2) is 0 Å². The molecular weight excluding hydrogens is 170 g/mol. The highest BCUT2D eigenvalue weighted by atomic mass is 14.9. The maximum Gasteiger partial charge on any atom is 0.0298 e. The van der Waals surface area contributed by atoms with Gasteiger partial charge >= 0.3 is 0 Å². The van der Waals surface area contributed by atoms with E-state index in [-0.39, 0.29) is 5.41 Å². The van der Waals surface area contributed by atoms with E-state index in [2.05, 4.69) is 51.2 Å². The number of fused-ring (bicyclic) bond motifs is 1. The molecule has 0 saturated heterocycles. The van der Waals surface area contributed by atoms with Gasteiger partial charge in [-0.25, -0.2) is 0 Å².